The fourth-order valence-corrected chi connectivity index (χ4v) is 5.13. The van der Waals surface area contributed by atoms with Crippen LogP contribution in [0.3, 0.4) is 0 Å². The molecule has 5 nitrogen and oxygen atoms in total. The predicted molar refractivity (Wildman–Crippen MR) is 92.5 cm³/mol. The quantitative estimate of drug-likeness (QED) is 0.637. The Morgan fingerprint density at radius 3 is 2.96 bits per heavy atom. The highest BCUT2D eigenvalue weighted by atomic mass is 32.2. The molecule has 1 aliphatic heterocycles. The van der Waals surface area contributed by atoms with E-state index in [1.54, 1.807) is 35.5 Å². The van der Waals surface area contributed by atoms with Gasteiger partial charge in [-0.15, -0.1) is 23.1 Å². The van der Waals surface area contributed by atoms with Crippen molar-refractivity contribution in [2.45, 2.75) is 22.9 Å². The SMILES string of the molecule is CSc1sc(-c2ccn[nH]2)c2c1C(O)NC(c1cccnc1)C2. The minimum atomic E-state index is -0.667. The molecular weight excluding hydrogens is 328 g/mol. The molecule has 0 saturated heterocycles. The summed E-state index contributed by atoms with van der Waals surface area (Å²) in [5.74, 6) is 0. The Hall–Kier alpha value is -1.67. The van der Waals surface area contributed by atoms with Gasteiger partial charge in [-0.05, 0) is 35.9 Å². The molecule has 0 bridgehead atoms. The third kappa shape index (κ3) is 2.59. The first-order valence-corrected chi connectivity index (χ1v) is 9.35. The molecule has 3 N–H and O–H groups in total. The van der Waals surface area contributed by atoms with Crippen molar-refractivity contribution in [3.8, 4) is 10.6 Å². The number of nitrogens with zero attached hydrogens (tertiary/aromatic N) is 2. The summed E-state index contributed by atoms with van der Waals surface area (Å²) < 4.78 is 1.15. The molecule has 0 radical (unpaired) electrons. The van der Waals surface area contributed by atoms with Crippen molar-refractivity contribution in [1.82, 2.24) is 20.5 Å². The van der Waals surface area contributed by atoms with E-state index in [-0.39, 0.29) is 6.04 Å². The number of aromatic amines is 1. The van der Waals surface area contributed by atoms with Crippen molar-refractivity contribution in [3.05, 3.63) is 53.5 Å². The third-order valence-electron chi connectivity index (χ3n) is 4.07. The molecule has 0 aliphatic carbocycles. The van der Waals surface area contributed by atoms with Crippen molar-refractivity contribution in [2.75, 3.05) is 6.26 Å². The minimum Gasteiger partial charge on any atom is -0.374 e. The first kappa shape index (κ1) is 14.9. The second kappa shape index (κ2) is 6.09. The molecule has 2 atom stereocenters. The van der Waals surface area contributed by atoms with Gasteiger partial charge in [0.15, 0.2) is 0 Å². The highest BCUT2D eigenvalue weighted by molar-refractivity contribution is 8.00. The smallest absolute Gasteiger partial charge is 0.133 e. The minimum absolute atomic E-state index is 0.0529. The van der Waals surface area contributed by atoms with Crippen LogP contribution in [0.4, 0.5) is 0 Å². The maximum absolute atomic E-state index is 10.7. The summed E-state index contributed by atoms with van der Waals surface area (Å²) in [5, 5.41) is 21.1. The van der Waals surface area contributed by atoms with Crippen molar-refractivity contribution in [2.24, 2.45) is 0 Å². The zero-order valence-electron chi connectivity index (χ0n) is 12.5. The summed E-state index contributed by atoms with van der Waals surface area (Å²) in [4.78, 5) is 5.36. The zero-order chi connectivity index (χ0) is 15.8. The van der Waals surface area contributed by atoms with Crippen LogP contribution in [0.5, 0.6) is 0 Å². The Morgan fingerprint density at radius 1 is 1.35 bits per heavy atom. The van der Waals surface area contributed by atoms with Crippen molar-refractivity contribution >= 4 is 23.1 Å². The van der Waals surface area contributed by atoms with Crippen LogP contribution in [0.15, 0.2) is 41.0 Å². The topological polar surface area (TPSA) is 73.8 Å². The van der Waals surface area contributed by atoms with E-state index in [1.807, 2.05) is 30.7 Å². The Balaban J connectivity index is 1.80. The number of hydrogen-bond donors (Lipinski definition) is 3. The van der Waals surface area contributed by atoms with E-state index in [1.165, 1.54) is 5.56 Å². The molecule has 3 aromatic rings. The van der Waals surface area contributed by atoms with Gasteiger partial charge in [-0.1, -0.05) is 6.07 Å². The summed E-state index contributed by atoms with van der Waals surface area (Å²) in [5.41, 5.74) is 4.30. The Bertz CT molecular complexity index is 801. The summed E-state index contributed by atoms with van der Waals surface area (Å²) in [6.07, 6.45) is 7.58. The second-order valence-corrected chi connectivity index (χ2v) is 7.49. The van der Waals surface area contributed by atoms with Crippen molar-refractivity contribution < 1.29 is 5.11 Å². The van der Waals surface area contributed by atoms with Gasteiger partial charge in [-0.2, -0.15) is 5.10 Å². The Labute approximate surface area is 142 Å². The zero-order valence-corrected chi connectivity index (χ0v) is 14.1. The fraction of sp³-hybridized carbons (Fsp3) is 0.250. The number of H-pyrrole nitrogens is 1. The van der Waals surface area contributed by atoms with Gasteiger partial charge in [-0.25, -0.2) is 0 Å². The molecule has 1 aliphatic rings. The van der Waals surface area contributed by atoms with Gasteiger partial charge in [0, 0.05) is 30.2 Å². The maximum atomic E-state index is 10.7. The summed E-state index contributed by atoms with van der Waals surface area (Å²) in [7, 11) is 0. The number of thioether (sulfide) groups is 1. The van der Waals surface area contributed by atoms with Crippen LogP contribution in [-0.4, -0.2) is 26.5 Å². The van der Waals surface area contributed by atoms with Crippen LogP contribution < -0.4 is 5.32 Å². The lowest BCUT2D eigenvalue weighted by atomic mass is 9.92. The number of pyridine rings is 1. The number of aliphatic hydroxyl groups is 1. The highest BCUT2D eigenvalue weighted by Gasteiger charge is 2.32. The molecule has 0 fully saturated rings. The summed E-state index contributed by atoms with van der Waals surface area (Å²) in [6, 6.07) is 6.00. The van der Waals surface area contributed by atoms with Crippen LogP contribution in [0.1, 0.15) is 29.0 Å². The second-order valence-electron chi connectivity index (χ2n) is 5.40. The van der Waals surface area contributed by atoms with Gasteiger partial charge in [-0.3, -0.25) is 15.4 Å². The van der Waals surface area contributed by atoms with Gasteiger partial charge in [0.2, 0.25) is 0 Å². The van der Waals surface area contributed by atoms with E-state index in [9.17, 15) is 5.11 Å². The van der Waals surface area contributed by atoms with E-state index in [4.69, 9.17) is 0 Å². The molecule has 7 heteroatoms. The van der Waals surface area contributed by atoms with Gasteiger partial charge < -0.3 is 5.11 Å². The molecule has 0 saturated carbocycles. The van der Waals surface area contributed by atoms with Crippen LogP contribution >= 0.6 is 23.1 Å². The number of aromatic nitrogens is 3. The fourth-order valence-electron chi connectivity index (χ4n) is 3.02. The van der Waals surface area contributed by atoms with E-state index in [0.29, 0.717) is 0 Å². The Kier molecular flexibility index (Phi) is 3.94. The van der Waals surface area contributed by atoms with Gasteiger partial charge >= 0.3 is 0 Å². The third-order valence-corrected chi connectivity index (χ3v) is 6.49. The molecule has 0 spiro atoms. The molecule has 23 heavy (non-hydrogen) atoms. The molecule has 4 heterocycles. The van der Waals surface area contributed by atoms with Crippen molar-refractivity contribution in [1.29, 1.82) is 0 Å². The summed E-state index contributed by atoms with van der Waals surface area (Å²) >= 11 is 3.38. The molecule has 2 unspecified atom stereocenters. The molecule has 3 aromatic heterocycles. The molecule has 4 rings (SSSR count). The van der Waals surface area contributed by atoms with Crippen molar-refractivity contribution in [3.63, 3.8) is 0 Å². The first-order chi connectivity index (χ1) is 11.3. The number of hydrogen-bond acceptors (Lipinski definition) is 6. The van der Waals surface area contributed by atoms with Crippen LogP contribution in [0.2, 0.25) is 0 Å². The van der Waals surface area contributed by atoms with Crippen LogP contribution in [0.25, 0.3) is 10.6 Å². The lowest BCUT2D eigenvalue weighted by Crippen LogP contribution is -2.33. The van der Waals surface area contributed by atoms with Gasteiger partial charge in [0.1, 0.15) is 6.23 Å². The van der Waals surface area contributed by atoms with Gasteiger partial charge in [0.25, 0.3) is 0 Å². The number of fused-ring (bicyclic) bond motifs is 1. The van der Waals surface area contributed by atoms with Crippen LogP contribution in [-0.2, 0) is 6.42 Å². The van der Waals surface area contributed by atoms with Gasteiger partial charge in [0.05, 0.1) is 14.8 Å². The predicted octanol–water partition coefficient (Wildman–Crippen LogP) is 3.13. The van der Waals surface area contributed by atoms with Crippen LogP contribution in [0, 0.1) is 0 Å². The summed E-state index contributed by atoms with van der Waals surface area (Å²) in [6.45, 7) is 0. The number of rotatable bonds is 3. The maximum Gasteiger partial charge on any atom is 0.133 e. The average molecular weight is 344 g/mol. The molecule has 0 aromatic carbocycles. The lowest BCUT2D eigenvalue weighted by Gasteiger charge is -2.29. The monoisotopic (exact) mass is 344 g/mol. The number of aliphatic hydroxyl groups excluding tert-OH is 1. The standard InChI is InChI=1S/C16H16N4OS2/c1-22-16-13-10(14(23-16)11-4-6-18-20-11)7-12(19-15(13)21)9-3-2-5-17-8-9/h2-6,8,12,15,19,21H,7H2,1H3,(H,18,20). The number of nitrogens with one attached hydrogen (secondary N) is 2. The van der Waals surface area contributed by atoms with E-state index in [2.05, 4.69) is 20.5 Å². The average Bonchev–Trinajstić information content (AvgIpc) is 3.22. The molecule has 118 valence electrons. The largest absolute Gasteiger partial charge is 0.374 e. The number of thiophene rings is 1. The first-order valence-electron chi connectivity index (χ1n) is 7.31. The van der Waals surface area contributed by atoms with E-state index in [0.717, 1.165) is 32.3 Å². The van der Waals surface area contributed by atoms with E-state index < -0.39 is 6.23 Å². The highest BCUT2D eigenvalue weighted by Crippen LogP contribution is 2.46. The molecular formula is C16H16N4OS2. The van der Waals surface area contributed by atoms with E-state index >= 15 is 0 Å². The molecule has 0 amide bonds. The lowest BCUT2D eigenvalue weighted by molar-refractivity contribution is 0.111. The normalized spacial score (nSPS) is 20.4. The Morgan fingerprint density at radius 2 is 2.26 bits per heavy atom.